The van der Waals surface area contributed by atoms with Crippen LogP contribution in [0.1, 0.15) is 70.4 Å². The maximum absolute atomic E-state index is 2.53. The number of hydrogen-bond donors (Lipinski definition) is 0. The standard InChI is InChI=1S/C30H35.Zr/c1-29(2,3)26-9-7-24(8-10-26)27-6-4-5-25-14-23(15-28(25)27)19-30-16-20-11-21(17-30)13-22(12-20)18-30;/h4-10,14-15,20-22H,11-13,16-19H2,1-3H3;/q-1;. The summed E-state index contributed by atoms with van der Waals surface area (Å²) in [6, 6.07) is 21.2. The number of hydrogen-bond acceptors (Lipinski definition) is 0. The van der Waals surface area contributed by atoms with Crippen LogP contribution in [0.25, 0.3) is 21.9 Å². The van der Waals surface area contributed by atoms with E-state index in [1.807, 2.05) is 0 Å². The van der Waals surface area contributed by atoms with Gasteiger partial charge in [-0.15, -0.1) is 34.5 Å². The number of fused-ring (bicyclic) bond motifs is 1. The van der Waals surface area contributed by atoms with E-state index in [1.165, 1.54) is 72.4 Å². The van der Waals surface area contributed by atoms with E-state index in [0.717, 1.165) is 17.8 Å². The van der Waals surface area contributed by atoms with Crippen LogP contribution in [0.15, 0.2) is 54.6 Å². The molecule has 0 aliphatic heterocycles. The van der Waals surface area contributed by atoms with Crippen molar-refractivity contribution in [2.45, 2.75) is 71.1 Å². The molecule has 7 rings (SSSR count). The molecule has 1 heteroatoms. The van der Waals surface area contributed by atoms with E-state index in [1.54, 1.807) is 5.56 Å². The van der Waals surface area contributed by atoms with Crippen molar-refractivity contribution in [3.63, 3.8) is 0 Å². The summed E-state index contributed by atoms with van der Waals surface area (Å²) in [7, 11) is 0. The van der Waals surface area contributed by atoms with Gasteiger partial charge in [-0.1, -0.05) is 56.7 Å². The molecule has 31 heavy (non-hydrogen) atoms. The SMILES string of the molecule is CC(C)(C)c1ccc(-c2cccc3[cH-]c(CC45CC6CC(CC(C6)C4)C5)cc23)cc1.[Zr]. The van der Waals surface area contributed by atoms with Crippen LogP contribution in [0.5, 0.6) is 0 Å². The molecule has 4 aliphatic rings. The molecule has 0 heterocycles. The minimum Gasteiger partial charge on any atom is -0.164 e. The fourth-order valence-corrected chi connectivity index (χ4v) is 7.74. The van der Waals surface area contributed by atoms with Gasteiger partial charge < -0.3 is 0 Å². The van der Waals surface area contributed by atoms with Crippen LogP contribution >= 0.6 is 0 Å². The summed E-state index contributed by atoms with van der Waals surface area (Å²) in [5.74, 6) is 3.12. The van der Waals surface area contributed by atoms with E-state index in [4.69, 9.17) is 0 Å². The van der Waals surface area contributed by atoms with Gasteiger partial charge in [0.1, 0.15) is 0 Å². The Morgan fingerprint density at radius 1 is 0.871 bits per heavy atom. The second-order valence-electron chi connectivity index (χ2n) is 12.1. The van der Waals surface area contributed by atoms with E-state index >= 15 is 0 Å². The molecule has 0 amide bonds. The first-order valence-electron chi connectivity index (χ1n) is 12.2. The molecule has 0 unspecified atom stereocenters. The molecule has 0 spiro atoms. The molecule has 0 saturated heterocycles. The molecule has 0 aromatic heterocycles. The maximum atomic E-state index is 2.53. The van der Waals surface area contributed by atoms with E-state index in [0.29, 0.717) is 5.41 Å². The van der Waals surface area contributed by atoms with Crippen LogP contribution in [-0.2, 0) is 38.0 Å². The minimum atomic E-state index is 0. The summed E-state index contributed by atoms with van der Waals surface area (Å²) >= 11 is 0. The minimum absolute atomic E-state index is 0. The normalized spacial score (nSPS) is 29.3. The maximum Gasteiger partial charge on any atom is 0 e. The molecule has 0 atom stereocenters. The van der Waals surface area contributed by atoms with Crippen molar-refractivity contribution in [2.75, 3.05) is 0 Å². The molecular weight excluding hydrogens is 452 g/mol. The first-order chi connectivity index (χ1) is 14.4. The molecule has 3 aromatic carbocycles. The Morgan fingerprint density at radius 3 is 2.06 bits per heavy atom. The fraction of sp³-hybridized carbons (Fsp3) is 0.500. The first kappa shape index (κ1) is 21.8. The zero-order valence-corrected chi connectivity index (χ0v) is 21.8. The topological polar surface area (TPSA) is 0 Å². The van der Waals surface area contributed by atoms with Crippen molar-refractivity contribution in [2.24, 2.45) is 23.2 Å². The van der Waals surface area contributed by atoms with Crippen LogP contribution in [-0.4, -0.2) is 0 Å². The Morgan fingerprint density at radius 2 is 1.48 bits per heavy atom. The van der Waals surface area contributed by atoms with Gasteiger partial charge in [0, 0.05) is 26.2 Å². The van der Waals surface area contributed by atoms with Crippen molar-refractivity contribution in [3.8, 4) is 11.1 Å². The first-order valence-corrected chi connectivity index (χ1v) is 12.2. The van der Waals surface area contributed by atoms with Gasteiger partial charge in [-0.05, 0) is 84.7 Å². The summed E-state index contributed by atoms with van der Waals surface area (Å²) in [6.45, 7) is 6.87. The van der Waals surface area contributed by atoms with Crippen LogP contribution in [0.4, 0.5) is 0 Å². The predicted octanol–water partition coefficient (Wildman–Crippen LogP) is 8.28. The third kappa shape index (κ3) is 3.95. The molecule has 160 valence electrons. The Hall–Kier alpha value is -1.07. The van der Waals surface area contributed by atoms with Crippen molar-refractivity contribution in [1.29, 1.82) is 0 Å². The van der Waals surface area contributed by atoms with Crippen LogP contribution < -0.4 is 0 Å². The quantitative estimate of drug-likeness (QED) is 0.327. The molecular formula is C30H35Zr-. The van der Waals surface area contributed by atoms with E-state index in [2.05, 4.69) is 75.4 Å². The second-order valence-corrected chi connectivity index (χ2v) is 12.1. The van der Waals surface area contributed by atoms with Crippen molar-refractivity contribution >= 4 is 10.8 Å². The van der Waals surface area contributed by atoms with E-state index in [9.17, 15) is 0 Å². The molecule has 0 nitrogen and oxygen atoms in total. The molecule has 4 aliphatic carbocycles. The van der Waals surface area contributed by atoms with Gasteiger partial charge in [-0.3, -0.25) is 0 Å². The Balaban J connectivity index is 0.00000204. The van der Waals surface area contributed by atoms with E-state index in [-0.39, 0.29) is 31.6 Å². The number of rotatable bonds is 3. The third-order valence-corrected chi connectivity index (χ3v) is 8.62. The Kier molecular flexibility index (Phi) is 5.45. The van der Waals surface area contributed by atoms with Crippen molar-refractivity contribution < 1.29 is 26.2 Å². The second kappa shape index (κ2) is 7.76. The van der Waals surface area contributed by atoms with Gasteiger partial charge >= 0.3 is 0 Å². The summed E-state index contributed by atoms with van der Waals surface area (Å²) in [5.41, 5.74) is 6.56. The summed E-state index contributed by atoms with van der Waals surface area (Å²) < 4.78 is 0. The average Bonchev–Trinajstić information content (AvgIpc) is 3.08. The molecule has 4 fully saturated rings. The third-order valence-electron chi connectivity index (χ3n) is 8.62. The zero-order chi connectivity index (χ0) is 20.5. The molecule has 4 saturated carbocycles. The zero-order valence-electron chi connectivity index (χ0n) is 19.4. The van der Waals surface area contributed by atoms with Gasteiger partial charge in [0.2, 0.25) is 0 Å². The summed E-state index contributed by atoms with van der Waals surface area (Å²) in [6.07, 6.45) is 10.4. The fourth-order valence-electron chi connectivity index (χ4n) is 7.74. The largest absolute Gasteiger partial charge is 0.164 e. The molecule has 0 radical (unpaired) electrons. The van der Waals surface area contributed by atoms with Crippen LogP contribution in [0.3, 0.4) is 0 Å². The van der Waals surface area contributed by atoms with Crippen molar-refractivity contribution in [3.05, 3.63) is 65.7 Å². The monoisotopic (exact) mass is 485 g/mol. The van der Waals surface area contributed by atoms with Crippen LogP contribution in [0, 0.1) is 23.2 Å². The summed E-state index contributed by atoms with van der Waals surface area (Å²) in [4.78, 5) is 0. The van der Waals surface area contributed by atoms with Gasteiger partial charge in [0.05, 0.1) is 0 Å². The average molecular weight is 487 g/mol. The van der Waals surface area contributed by atoms with Gasteiger partial charge in [-0.2, -0.15) is 6.07 Å². The molecule has 3 aromatic rings. The van der Waals surface area contributed by atoms with Gasteiger partial charge in [-0.25, -0.2) is 0 Å². The predicted molar refractivity (Wildman–Crippen MR) is 128 cm³/mol. The Labute approximate surface area is 207 Å². The van der Waals surface area contributed by atoms with E-state index < -0.39 is 0 Å². The smallest absolute Gasteiger partial charge is 0 e. The number of benzene rings is 2. The van der Waals surface area contributed by atoms with Gasteiger partial charge in [0.15, 0.2) is 0 Å². The Bertz CT molecular complexity index is 1040. The molecule has 4 bridgehead atoms. The van der Waals surface area contributed by atoms with Crippen molar-refractivity contribution in [1.82, 2.24) is 0 Å². The van der Waals surface area contributed by atoms with Gasteiger partial charge in [0.25, 0.3) is 0 Å². The molecule has 0 N–H and O–H groups in total. The summed E-state index contributed by atoms with van der Waals surface area (Å²) in [5, 5.41) is 2.87. The van der Waals surface area contributed by atoms with Crippen LogP contribution in [0.2, 0.25) is 0 Å².